The van der Waals surface area contributed by atoms with E-state index in [0.717, 1.165) is 44.9 Å². The molecule has 0 aliphatic carbocycles. The van der Waals surface area contributed by atoms with Crippen LogP contribution in [0.3, 0.4) is 0 Å². The van der Waals surface area contributed by atoms with E-state index >= 15 is 0 Å². The highest BCUT2D eigenvalue weighted by Gasteiger charge is 2.28. The fourth-order valence-electron chi connectivity index (χ4n) is 4.98. The summed E-state index contributed by atoms with van der Waals surface area (Å²) in [6, 6.07) is -0.748. The Kier molecular flexibility index (Phi) is 26.5. The van der Waals surface area contributed by atoms with Gasteiger partial charge in [0.05, 0.1) is 39.9 Å². The van der Waals surface area contributed by atoms with E-state index in [1.165, 1.54) is 83.5 Å². The Balaban J connectivity index is 4.27. The predicted octanol–water partition coefficient (Wildman–Crippen LogP) is 8.29. The van der Waals surface area contributed by atoms with Crippen LogP contribution >= 0.6 is 7.82 Å². The zero-order valence-electron chi connectivity index (χ0n) is 28.3. The van der Waals surface area contributed by atoms with Crippen LogP contribution in [0.4, 0.5) is 0 Å². The molecule has 0 aliphatic rings. The van der Waals surface area contributed by atoms with E-state index in [1.54, 1.807) is 0 Å². The third kappa shape index (κ3) is 28.3. The smallest absolute Gasteiger partial charge is 0.391 e. The van der Waals surface area contributed by atoms with Crippen LogP contribution in [0.25, 0.3) is 0 Å². The average Bonchev–Trinajstić information content (AvgIpc) is 2.92. The second-order valence-corrected chi connectivity index (χ2v) is 14.7. The molecule has 3 atom stereocenters. The zero-order valence-corrected chi connectivity index (χ0v) is 29.1. The summed E-state index contributed by atoms with van der Waals surface area (Å²) in [5, 5.41) is 13.7. The van der Waals surface area contributed by atoms with Crippen molar-refractivity contribution in [1.82, 2.24) is 5.32 Å². The molecular weight excluding hydrogens is 551 g/mol. The third-order valence-corrected chi connectivity index (χ3v) is 8.84. The fraction of sp³-hybridized carbons (Fsp3) is 0.970. The summed E-state index contributed by atoms with van der Waals surface area (Å²) >= 11 is 0. The van der Waals surface area contributed by atoms with Crippen LogP contribution in [0.5, 0.6) is 0 Å². The van der Waals surface area contributed by atoms with Gasteiger partial charge in [-0.1, -0.05) is 136 Å². The standard InChI is InChI=1S/C33H69N2O6P/c1-6-8-10-12-13-14-15-16-17-18-19-20-21-22-23-24-26-32(36)31(34-33(37)27-25-11-9-7-2)30-41-42(38,39)40-29-28-35(3,4)5/h31-32,36H,6-30H2,1-5H3,(H-,34,37,38,39)/p+1. The van der Waals surface area contributed by atoms with Gasteiger partial charge in [-0.2, -0.15) is 0 Å². The molecule has 9 heteroatoms. The Hall–Kier alpha value is -0.500. The largest absolute Gasteiger partial charge is 0.472 e. The van der Waals surface area contributed by atoms with Crippen LogP contribution in [0.2, 0.25) is 0 Å². The molecule has 0 radical (unpaired) electrons. The van der Waals surface area contributed by atoms with Crippen molar-refractivity contribution in [3.8, 4) is 0 Å². The van der Waals surface area contributed by atoms with E-state index in [-0.39, 0.29) is 19.1 Å². The van der Waals surface area contributed by atoms with Gasteiger partial charge in [-0.15, -0.1) is 0 Å². The lowest BCUT2D eigenvalue weighted by molar-refractivity contribution is -0.870. The highest BCUT2D eigenvalue weighted by molar-refractivity contribution is 7.47. The maximum absolute atomic E-state index is 12.5. The topological polar surface area (TPSA) is 105 Å². The van der Waals surface area contributed by atoms with Crippen molar-refractivity contribution in [3.05, 3.63) is 0 Å². The summed E-state index contributed by atoms with van der Waals surface area (Å²) in [4.78, 5) is 22.6. The molecule has 3 N–H and O–H groups in total. The van der Waals surface area contributed by atoms with E-state index in [1.807, 2.05) is 21.1 Å². The second kappa shape index (κ2) is 26.9. The fourth-order valence-corrected chi connectivity index (χ4v) is 5.72. The molecule has 0 saturated carbocycles. The maximum atomic E-state index is 12.5. The number of aliphatic hydroxyl groups excluding tert-OH is 1. The van der Waals surface area contributed by atoms with Crippen molar-refractivity contribution in [3.63, 3.8) is 0 Å². The van der Waals surface area contributed by atoms with Crippen molar-refractivity contribution in [2.24, 2.45) is 0 Å². The first-order valence-electron chi connectivity index (χ1n) is 17.4. The number of aliphatic hydroxyl groups is 1. The zero-order chi connectivity index (χ0) is 31.5. The number of phosphoric ester groups is 1. The number of phosphoric acid groups is 1. The van der Waals surface area contributed by atoms with Gasteiger partial charge in [0.25, 0.3) is 0 Å². The molecule has 1 amide bonds. The summed E-state index contributed by atoms with van der Waals surface area (Å²) in [6.07, 6.45) is 24.6. The monoisotopic (exact) mass is 621 g/mol. The molecule has 252 valence electrons. The number of likely N-dealkylation sites (N-methyl/N-ethyl adjacent to an activating group) is 1. The van der Waals surface area contributed by atoms with Crippen LogP contribution in [-0.4, -0.2) is 73.4 Å². The van der Waals surface area contributed by atoms with Crippen molar-refractivity contribution in [1.29, 1.82) is 0 Å². The van der Waals surface area contributed by atoms with Crippen molar-refractivity contribution < 1.29 is 32.9 Å². The summed E-state index contributed by atoms with van der Waals surface area (Å²) < 4.78 is 23.3. The highest BCUT2D eigenvalue weighted by Crippen LogP contribution is 2.43. The van der Waals surface area contributed by atoms with Crippen LogP contribution in [0.15, 0.2) is 0 Å². The van der Waals surface area contributed by atoms with Gasteiger partial charge in [-0.3, -0.25) is 13.8 Å². The molecule has 0 bridgehead atoms. The minimum atomic E-state index is -4.28. The van der Waals surface area contributed by atoms with Crippen LogP contribution < -0.4 is 5.32 Å². The highest BCUT2D eigenvalue weighted by atomic mass is 31.2. The maximum Gasteiger partial charge on any atom is 0.472 e. The number of quaternary nitrogens is 1. The predicted molar refractivity (Wildman–Crippen MR) is 175 cm³/mol. The Morgan fingerprint density at radius 1 is 0.714 bits per heavy atom. The van der Waals surface area contributed by atoms with Crippen molar-refractivity contribution in [2.45, 2.75) is 167 Å². The van der Waals surface area contributed by atoms with Gasteiger partial charge in [0.15, 0.2) is 0 Å². The minimum Gasteiger partial charge on any atom is -0.391 e. The first-order valence-corrected chi connectivity index (χ1v) is 18.9. The number of nitrogens with one attached hydrogen (secondary N) is 1. The molecule has 0 rings (SSSR count). The molecular formula is C33H70N2O6P+. The Morgan fingerprint density at radius 3 is 1.60 bits per heavy atom. The SMILES string of the molecule is CCCCCCCCCCCCCCCCCCC(O)C(COP(=O)(O)OCC[N+](C)(C)C)NC(=O)CCCCCC. The molecule has 0 fully saturated rings. The number of rotatable bonds is 31. The summed E-state index contributed by atoms with van der Waals surface area (Å²) in [6.45, 7) is 4.75. The number of hydrogen-bond acceptors (Lipinski definition) is 5. The van der Waals surface area contributed by atoms with Gasteiger partial charge in [0.1, 0.15) is 13.2 Å². The summed E-state index contributed by atoms with van der Waals surface area (Å²) in [7, 11) is 1.62. The molecule has 3 unspecified atom stereocenters. The average molecular weight is 622 g/mol. The van der Waals surface area contributed by atoms with Gasteiger partial charge in [0.2, 0.25) is 5.91 Å². The Labute approximate surface area is 259 Å². The molecule has 0 aromatic rings. The van der Waals surface area contributed by atoms with Gasteiger partial charge in [-0.25, -0.2) is 4.57 Å². The lowest BCUT2D eigenvalue weighted by Gasteiger charge is -2.26. The molecule has 0 aromatic heterocycles. The first-order chi connectivity index (χ1) is 20.0. The van der Waals surface area contributed by atoms with E-state index in [4.69, 9.17) is 9.05 Å². The van der Waals surface area contributed by atoms with E-state index in [9.17, 15) is 19.4 Å². The summed E-state index contributed by atoms with van der Waals surface area (Å²) in [5.41, 5.74) is 0. The third-order valence-electron chi connectivity index (χ3n) is 7.86. The Bertz CT molecular complexity index is 673. The molecule has 0 saturated heterocycles. The Morgan fingerprint density at radius 2 is 1.14 bits per heavy atom. The second-order valence-electron chi connectivity index (χ2n) is 13.3. The van der Waals surface area contributed by atoms with Gasteiger partial charge < -0.3 is 19.8 Å². The number of carbonyl (C=O) groups is 1. The summed E-state index contributed by atoms with van der Waals surface area (Å²) in [5.74, 6) is -0.163. The first kappa shape index (κ1) is 41.5. The number of carbonyl (C=O) groups excluding carboxylic acids is 1. The molecule has 0 heterocycles. The van der Waals surface area contributed by atoms with Crippen LogP contribution in [-0.2, 0) is 18.4 Å². The van der Waals surface area contributed by atoms with Crippen LogP contribution in [0.1, 0.15) is 155 Å². The van der Waals surface area contributed by atoms with Gasteiger partial charge in [0, 0.05) is 6.42 Å². The van der Waals surface area contributed by atoms with Gasteiger partial charge >= 0.3 is 7.82 Å². The number of amides is 1. The molecule has 0 aromatic carbocycles. The molecule has 42 heavy (non-hydrogen) atoms. The van der Waals surface area contributed by atoms with Crippen LogP contribution in [0, 0.1) is 0 Å². The van der Waals surface area contributed by atoms with E-state index < -0.39 is 20.0 Å². The number of unbranched alkanes of at least 4 members (excludes halogenated alkanes) is 18. The number of hydrogen-bond donors (Lipinski definition) is 3. The lowest BCUT2D eigenvalue weighted by atomic mass is 10.0. The minimum absolute atomic E-state index is 0.0769. The molecule has 0 spiro atoms. The molecule has 8 nitrogen and oxygen atoms in total. The number of nitrogens with zero attached hydrogens (tertiary/aromatic N) is 1. The van der Waals surface area contributed by atoms with Gasteiger partial charge in [-0.05, 0) is 12.8 Å². The van der Waals surface area contributed by atoms with Crippen molar-refractivity contribution >= 4 is 13.7 Å². The lowest BCUT2D eigenvalue weighted by Crippen LogP contribution is -2.46. The van der Waals surface area contributed by atoms with E-state index in [0.29, 0.717) is 23.9 Å². The normalized spacial score (nSPS) is 14.9. The molecule has 0 aliphatic heterocycles. The van der Waals surface area contributed by atoms with Crippen molar-refractivity contribution in [2.75, 3.05) is 40.9 Å². The van der Waals surface area contributed by atoms with E-state index in [2.05, 4.69) is 19.2 Å². The quantitative estimate of drug-likeness (QED) is 0.0409.